The van der Waals surface area contributed by atoms with E-state index in [1.54, 1.807) is 0 Å². The van der Waals surface area contributed by atoms with E-state index in [2.05, 4.69) is 196 Å². The number of amidine groups is 1. The molecule has 7 aromatic carbocycles. The second-order valence-electron chi connectivity index (χ2n) is 14.0. The Morgan fingerprint density at radius 2 is 1.11 bits per heavy atom. The molecular weight excluding hydrogens is 661 g/mol. The smallest absolute Gasteiger partial charge is 0.138 e. The van der Waals surface area contributed by atoms with Crippen molar-refractivity contribution in [1.82, 2.24) is 24.8 Å². The number of hydrogen-bond donors (Lipinski definition) is 2. The normalized spacial score (nSPS) is 16.0. The molecule has 0 aliphatic carbocycles. The van der Waals surface area contributed by atoms with Gasteiger partial charge in [-0.1, -0.05) is 121 Å². The van der Waals surface area contributed by atoms with Crippen molar-refractivity contribution < 1.29 is 0 Å². The Kier molecular flexibility index (Phi) is 6.97. The number of hydrogen-bond acceptors (Lipinski definition) is 4. The predicted molar refractivity (Wildman–Crippen MR) is 222 cm³/mol. The summed E-state index contributed by atoms with van der Waals surface area (Å²) in [7, 11) is 0. The van der Waals surface area contributed by atoms with Gasteiger partial charge in [0.2, 0.25) is 0 Å². The minimum atomic E-state index is -0.255. The molecule has 3 aromatic heterocycles. The fraction of sp³-hybridized carbons (Fsp3) is 0.0417. The van der Waals surface area contributed by atoms with Gasteiger partial charge in [-0.3, -0.25) is 9.88 Å². The van der Waals surface area contributed by atoms with Crippen LogP contribution in [0, 0.1) is 0 Å². The molecule has 0 amide bonds. The lowest BCUT2D eigenvalue weighted by Crippen LogP contribution is -2.45. The number of rotatable bonds is 5. The highest BCUT2D eigenvalue weighted by Crippen LogP contribution is 2.39. The molecule has 2 atom stereocenters. The third-order valence-electron chi connectivity index (χ3n) is 10.8. The highest BCUT2D eigenvalue weighted by Gasteiger charge is 2.26. The zero-order valence-corrected chi connectivity index (χ0v) is 29.3. The van der Waals surface area contributed by atoms with Crippen LogP contribution in [-0.4, -0.2) is 20.0 Å². The average molecular weight is 695 g/mol. The van der Waals surface area contributed by atoms with E-state index >= 15 is 0 Å². The lowest BCUT2D eigenvalue weighted by atomic mass is 10.0. The molecular formula is C48H34N6. The van der Waals surface area contributed by atoms with Crippen molar-refractivity contribution in [3.8, 4) is 11.5 Å². The second kappa shape index (κ2) is 12.3. The number of fused-ring (bicyclic) bond motifs is 7. The van der Waals surface area contributed by atoms with Crippen LogP contribution in [-0.2, 0) is 0 Å². The molecule has 10 aromatic rings. The average Bonchev–Trinajstić information content (AvgIpc) is 3.75. The standard InChI is InChI=1S/C48H34N6/c1-3-14-32(15-4-1)46-50-47(34-24-23-31-13-7-8-16-33(31)27-34)52-48(51-46)35-25-26-49-45(28-35)54-42-22-12-10-20-38(42)40-29-39-37-19-9-11-21-41(37)53(43(39)30-44(40)54)36-17-5-2-6-18-36/h1-30,46-47,50H,(H,51,52). The van der Waals surface area contributed by atoms with E-state index < -0.39 is 0 Å². The molecule has 1 aliphatic heterocycles. The Labute approximate surface area is 311 Å². The molecule has 6 nitrogen and oxygen atoms in total. The van der Waals surface area contributed by atoms with Crippen molar-refractivity contribution in [3.05, 3.63) is 199 Å². The zero-order chi connectivity index (χ0) is 35.6. The van der Waals surface area contributed by atoms with Crippen LogP contribution >= 0.6 is 0 Å². The number of benzene rings is 7. The minimum Gasteiger partial charge on any atom is -0.350 e. The van der Waals surface area contributed by atoms with Crippen LogP contribution in [0.2, 0.25) is 0 Å². The van der Waals surface area contributed by atoms with Gasteiger partial charge in [0.05, 0.1) is 22.1 Å². The Hall–Kier alpha value is -7.02. The lowest BCUT2D eigenvalue weighted by molar-refractivity contribution is 0.409. The molecule has 2 unspecified atom stereocenters. The van der Waals surface area contributed by atoms with E-state index in [1.807, 2.05) is 6.20 Å². The molecule has 0 bridgehead atoms. The van der Waals surface area contributed by atoms with Crippen LogP contribution in [0.15, 0.2) is 187 Å². The maximum Gasteiger partial charge on any atom is 0.138 e. The molecule has 54 heavy (non-hydrogen) atoms. The Bertz CT molecular complexity index is 3070. The summed E-state index contributed by atoms with van der Waals surface area (Å²) in [6.07, 6.45) is 1.50. The van der Waals surface area contributed by atoms with Crippen LogP contribution in [0.5, 0.6) is 0 Å². The largest absolute Gasteiger partial charge is 0.350 e. The monoisotopic (exact) mass is 694 g/mol. The second-order valence-corrected chi connectivity index (χ2v) is 14.0. The molecule has 11 rings (SSSR count). The van der Waals surface area contributed by atoms with Gasteiger partial charge in [0.15, 0.2) is 0 Å². The van der Waals surface area contributed by atoms with Crippen LogP contribution in [0.3, 0.4) is 0 Å². The van der Waals surface area contributed by atoms with E-state index in [0.29, 0.717) is 0 Å². The predicted octanol–water partition coefficient (Wildman–Crippen LogP) is 10.8. The summed E-state index contributed by atoms with van der Waals surface area (Å²) in [6.45, 7) is 0. The van der Waals surface area contributed by atoms with Gasteiger partial charge >= 0.3 is 0 Å². The van der Waals surface area contributed by atoms with Gasteiger partial charge in [0.25, 0.3) is 0 Å². The minimum absolute atomic E-state index is 0.145. The highest BCUT2D eigenvalue weighted by atomic mass is 15.3. The van der Waals surface area contributed by atoms with Crippen molar-refractivity contribution in [2.24, 2.45) is 4.99 Å². The summed E-state index contributed by atoms with van der Waals surface area (Å²) in [5.41, 5.74) is 8.91. The van der Waals surface area contributed by atoms with Crippen molar-refractivity contribution in [3.63, 3.8) is 0 Å². The van der Waals surface area contributed by atoms with Gasteiger partial charge in [-0.05, 0) is 76.5 Å². The van der Waals surface area contributed by atoms with Gasteiger partial charge in [-0.25, -0.2) is 9.98 Å². The topological polar surface area (TPSA) is 59.2 Å². The number of para-hydroxylation sites is 3. The third-order valence-corrected chi connectivity index (χ3v) is 10.8. The quantitative estimate of drug-likeness (QED) is 0.189. The van der Waals surface area contributed by atoms with E-state index in [-0.39, 0.29) is 12.3 Å². The van der Waals surface area contributed by atoms with Crippen LogP contribution < -0.4 is 10.6 Å². The molecule has 1 aliphatic rings. The molecule has 6 heteroatoms. The lowest BCUT2D eigenvalue weighted by Gasteiger charge is -2.32. The van der Waals surface area contributed by atoms with Crippen molar-refractivity contribution in [2.45, 2.75) is 12.3 Å². The first kappa shape index (κ1) is 30.6. The molecule has 4 heterocycles. The van der Waals surface area contributed by atoms with Gasteiger partial charge in [0.1, 0.15) is 24.0 Å². The first-order valence-electron chi connectivity index (χ1n) is 18.4. The van der Waals surface area contributed by atoms with Gasteiger partial charge in [-0.2, -0.15) is 0 Å². The van der Waals surface area contributed by atoms with Gasteiger partial charge < -0.3 is 9.88 Å². The van der Waals surface area contributed by atoms with Gasteiger partial charge in [0, 0.05) is 39.0 Å². The molecule has 256 valence electrons. The molecule has 0 fully saturated rings. The summed E-state index contributed by atoms with van der Waals surface area (Å²) in [5, 5.41) is 14.8. The number of nitrogens with one attached hydrogen (secondary N) is 2. The Morgan fingerprint density at radius 3 is 1.89 bits per heavy atom. The highest BCUT2D eigenvalue weighted by molar-refractivity contribution is 6.19. The van der Waals surface area contributed by atoms with E-state index in [1.165, 1.54) is 37.8 Å². The van der Waals surface area contributed by atoms with Crippen molar-refractivity contribution >= 4 is 60.2 Å². The third kappa shape index (κ3) is 4.92. The fourth-order valence-corrected chi connectivity index (χ4v) is 8.29. The van der Waals surface area contributed by atoms with E-state index in [4.69, 9.17) is 9.98 Å². The Balaban J connectivity index is 1.10. The summed E-state index contributed by atoms with van der Waals surface area (Å²) in [6, 6.07) is 62.5. The summed E-state index contributed by atoms with van der Waals surface area (Å²) < 4.78 is 4.68. The van der Waals surface area contributed by atoms with Crippen LogP contribution in [0.4, 0.5) is 0 Å². The fourth-order valence-electron chi connectivity index (χ4n) is 8.29. The molecule has 0 radical (unpaired) electrons. The molecule has 0 spiro atoms. The van der Waals surface area contributed by atoms with Crippen molar-refractivity contribution in [1.29, 1.82) is 0 Å². The maximum atomic E-state index is 5.32. The SMILES string of the molecule is c1ccc(C2NC(c3ccnc(-n4c5ccccc5c5cc6c7ccccc7n(-c7ccccc7)c6cc54)c3)=NC(c3ccc4ccccc4c3)N2)cc1. The zero-order valence-electron chi connectivity index (χ0n) is 29.3. The number of nitrogens with zero attached hydrogens (tertiary/aromatic N) is 4. The van der Waals surface area contributed by atoms with Crippen LogP contribution in [0.25, 0.3) is 65.9 Å². The first-order valence-corrected chi connectivity index (χ1v) is 18.4. The summed E-state index contributed by atoms with van der Waals surface area (Å²) >= 11 is 0. The molecule has 0 saturated carbocycles. The summed E-state index contributed by atoms with van der Waals surface area (Å²) in [4.78, 5) is 10.3. The van der Waals surface area contributed by atoms with E-state index in [9.17, 15) is 0 Å². The van der Waals surface area contributed by atoms with E-state index in [0.717, 1.165) is 50.6 Å². The summed E-state index contributed by atoms with van der Waals surface area (Å²) in [5.74, 6) is 1.65. The maximum absolute atomic E-state index is 5.32. The molecule has 0 saturated heterocycles. The first-order chi connectivity index (χ1) is 26.8. The number of pyridine rings is 1. The van der Waals surface area contributed by atoms with Gasteiger partial charge in [-0.15, -0.1) is 0 Å². The Morgan fingerprint density at radius 1 is 0.463 bits per heavy atom. The molecule has 2 N–H and O–H groups in total. The number of aliphatic imine (C=N–C) groups is 1. The number of aromatic nitrogens is 3. The van der Waals surface area contributed by atoms with Crippen LogP contribution in [0.1, 0.15) is 29.0 Å². The van der Waals surface area contributed by atoms with Crippen molar-refractivity contribution in [2.75, 3.05) is 0 Å².